The molecule has 0 fully saturated rings. The van der Waals surface area contributed by atoms with Crippen LogP contribution in [0.5, 0.6) is 0 Å². The lowest BCUT2D eigenvalue weighted by molar-refractivity contribution is -0.137. The standard InChI is InChI=1S/C7H12O3/c1-4-10-7(8)5-6(2)9-3/h5H,4H2,1-3H3/b6-5+. The molecule has 0 saturated carbocycles. The van der Waals surface area contributed by atoms with Crippen molar-refractivity contribution < 1.29 is 14.3 Å². The highest BCUT2D eigenvalue weighted by Crippen LogP contribution is 1.92. The van der Waals surface area contributed by atoms with E-state index in [4.69, 9.17) is 4.74 Å². The van der Waals surface area contributed by atoms with Crippen molar-refractivity contribution in [1.29, 1.82) is 0 Å². The van der Waals surface area contributed by atoms with Crippen molar-refractivity contribution >= 4 is 5.97 Å². The van der Waals surface area contributed by atoms with Crippen LogP contribution >= 0.6 is 0 Å². The number of hydrogen-bond donors (Lipinski definition) is 0. The van der Waals surface area contributed by atoms with Crippen molar-refractivity contribution in [3.63, 3.8) is 0 Å². The van der Waals surface area contributed by atoms with Gasteiger partial charge in [0.1, 0.15) is 0 Å². The van der Waals surface area contributed by atoms with Crippen molar-refractivity contribution in [3.8, 4) is 0 Å². The second kappa shape index (κ2) is 4.85. The van der Waals surface area contributed by atoms with Gasteiger partial charge in [-0.2, -0.15) is 0 Å². The number of rotatable bonds is 3. The highest BCUT2D eigenvalue weighted by Gasteiger charge is 1.95. The molecule has 0 aromatic carbocycles. The minimum absolute atomic E-state index is 0.359. The summed E-state index contributed by atoms with van der Waals surface area (Å²) in [6, 6.07) is 0. The lowest BCUT2D eigenvalue weighted by Crippen LogP contribution is -2.00. The molecule has 0 spiro atoms. The van der Waals surface area contributed by atoms with Gasteiger partial charge in [-0.3, -0.25) is 0 Å². The zero-order valence-electron chi connectivity index (χ0n) is 6.51. The van der Waals surface area contributed by atoms with E-state index in [1.165, 1.54) is 13.2 Å². The first-order valence-electron chi connectivity index (χ1n) is 3.09. The molecule has 0 aromatic rings. The zero-order chi connectivity index (χ0) is 7.98. The van der Waals surface area contributed by atoms with Crippen LogP contribution in [0.2, 0.25) is 0 Å². The molecular formula is C7H12O3. The second-order valence-electron chi connectivity index (χ2n) is 1.71. The average Bonchev–Trinajstić information content (AvgIpc) is 1.88. The monoisotopic (exact) mass is 144 g/mol. The summed E-state index contributed by atoms with van der Waals surface area (Å²) in [5.41, 5.74) is 0. The van der Waals surface area contributed by atoms with Crippen LogP contribution < -0.4 is 0 Å². The average molecular weight is 144 g/mol. The summed E-state index contributed by atoms with van der Waals surface area (Å²) >= 11 is 0. The van der Waals surface area contributed by atoms with Crippen LogP contribution in [0.25, 0.3) is 0 Å². The molecule has 3 nitrogen and oxygen atoms in total. The summed E-state index contributed by atoms with van der Waals surface area (Å²) in [5, 5.41) is 0. The summed E-state index contributed by atoms with van der Waals surface area (Å²) in [6.45, 7) is 3.84. The van der Waals surface area contributed by atoms with Crippen LogP contribution in [0, 0.1) is 0 Å². The van der Waals surface area contributed by atoms with Crippen LogP contribution in [-0.4, -0.2) is 19.7 Å². The van der Waals surface area contributed by atoms with E-state index in [2.05, 4.69) is 4.74 Å². The number of carbonyl (C=O) groups is 1. The largest absolute Gasteiger partial charge is 0.501 e. The third kappa shape index (κ3) is 3.95. The van der Waals surface area contributed by atoms with Crippen LogP contribution in [0.4, 0.5) is 0 Å². The summed E-state index contributed by atoms with van der Waals surface area (Å²) in [7, 11) is 1.51. The maximum Gasteiger partial charge on any atom is 0.334 e. The molecule has 0 heterocycles. The van der Waals surface area contributed by atoms with Crippen molar-refractivity contribution in [1.82, 2.24) is 0 Å². The molecule has 0 N–H and O–H groups in total. The van der Waals surface area contributed by atoms with Gasteiger partial charge in [-0.1, -0.05) is 0 Å². The van der Waals surface area contributed by atoms with Gasteiger partial charge in [-0.25, -0.2) is 4.79 Å². The van der Waals surface area contributed by atoms with Gasteiger partial charge in [-0.15, -0.1) is 0 Å². The number of ether oxygens (including phenoxy) is 2. The lowest BCUT2D eigenvalue weighted by Gasteiger charge is -1.98. The van der Waals surface area contributed by atoms with Crippen LogP contribution in [-0.2, 0) is 14.3 Å². The summed E-state index contributed by atoms with van der Waals surface area (Å²) < 4.78 is 9.35. The number of hydrogen-bond acceptors (Lipinski definition) is 3. The Balaban J connectivity index is 3.75. The maximum absolute atomic E-state index is 10.6. The minimum atomic E-state index is -0.359. The van der Waals surface area contributed by atoms with Crippen molar-refractivity contribution in [2.24, 2.45) is 0 Å². The number of methoxy groups -OCH3 is 1. The summed E-state index contributed by atoms with van der Waals surface area (Å²) in [5.74, 6) is 0.195. The molecule has 0 rings (SSSR count). The van der Waals surface area contributed by atoms with Crippen molar-refractivity contribution in [2.75, 3.05) is 13.7 Å². The van der Waals surface area contributed by atoms with E-state index in [0.29, 0.717) is 12.4 Å². The molecule has 0 amide bonds. The molecule has 0 radical (unpaired) electrons. The lowest BCUT2D eigenvalue weighted by atomic mass is 10.5. The molecule has 0 aliphatic rings. The molecule has 0 aliphatic carbocycles. The van der Waals surface area contributed by atoms with Gasteiger partial charge in [0.05, 0.1) is 25.6 Å². The van der Waals surface area contributed by atoms with E-state index >= 15 is 0 Å². The van der Waals surface area contributed by atoms with Crippen LogP contribution in [0.15, 0.2) is 11.8 Å². The van der Waals surface area contributed by atoms with Crippen LogP contribution in [0.3, 0.4) is 0 Å². The maximum atomic E-state index is 10.6. The van der Waals surface area contributed by atoms with Gasteiger partial charge in [-0.05, 0) is 13.8 Å². The Bertz CT molecular complexity index is 138. The highest BCUT2D eigenvalue weighted by atomic mass is 16.5. The molecule has 0 aromatic heterocycles. The van der Waals surface area contributed by atoms with Crippen molar-refractivity contribution in [2.45, 2.75) is 13.8 Å². The van der Waals surface area contributed by atoms with Crippen LogP contribution in [0.1, 0.15) is 13.8 Å². The Labute approximate surface area is 60.6 Å². The Kier molecular flexibility index (Phi) is 4.37. The molecule has 10 heavy (non-hydrogen) atoms. The van der Waals surface area contributed by atoms with Gasteiger partial charge in [0, 0.05) is 0 Å². The van der Waals surface area contributed by atoms with E-state index in [1.54, 1.807) is 13.8 Å². The van der Waals surface area contributed by atoms with E-state index < -0.39 is 0 Å². The quantitative estimate of drug-likeness (QED) is 0.338. The third-order valence-electron chi connectivity index (χ3n) is 0.930. The fourth-order valence-corrected chi connectivity index (χ4v) is 0.409. The Morgan fingerprint density at radius 1 is 1.60 bits per heavy atom. The van der Waals surface area contributed by atoms with Gasteiger partial charge in [0.2, 0.25) is 0 Å². The predicted molar refractivity (Wildman–Crippen MR) is 37.4 cm³/mol. The molecule has 0 bridgehead atoms. The minimum Gasteiger partial charge on any atom is -0.501 e. The molecule has 0 saturated heterocycles. The smallest absolute Gasteiger partial charge is 0.334 e. The fourth-order valence-electron chi connectivity index (χ4n) is 0.409. The topological polar surface area (TPSA) is 35.5 Å². The molecule has 58 valence electrons. The number of esters is 1. The van der Waals surface area contributed by atoms with Crippen molar-refractivity contribution in [3.05, 3.63) is 11.8 Å². The zero-order valence-corrected chi connectivity index (χ0v) is 6.51. The number of carbonyl (C=O) groups excluding carboxylic acids is 1. The van der Waals surface area contributed by atoms with Gasteiger partial charge in [0.15, 0.2) is 0 Å². The Morgan fingerprint density at radius 2 is 2.20 bits per heavy atom. The molecule has 3 heteroatoms. The Morgan fingerprint density at radius 3 is 2.60 bits per heavy atom. The first-order chi connectivity index (χ1) is 4.70. The first kappa shape index (κ1) is 9.01. The molecule has 0 atom stereocenters. The van der Waals surface area contributed by atoms with Gasteiger partial charge < -0.3 is 9.47 Å². The second-order valence-corrected chi connectivity index (χ2v) is 1.71. The molecule has 0 unspecified atom stereocenters. The normalized spacial score (nSPS) is 10.9. The number of allylic oxidation sites excluding steroid dienone is 1. The van der Waals surface area contributed by atoms with E-state index in [0.717, 1.165) is 0 Å². The van der Waals surface area contributed by atoms with E-state index in [1.807, 2.05) is 0 Å². The van der Waals surface area contributed by atoms with E-state index in [9.17, 15) is 4.79 Å². The van der Waals surface area contributed by atoms with Gasteiger partial charge in [0.25, 0.3) is 0 Å². The van der Waals surface area contributed by atoms with E-state index in [-0.39, 0.29) is 5.97 Å². The predicted octanol–water partition coefficient (Wildman–Crippen LogP) is 1.10. The van der Waals surface area contributed by atoms with Gasteiger partial charge >= 0.3 is 5.97 Å². The summed E-state index contributed by atoms with van der Waals surface area (Å²) in [6.07, 6.45) is 1.31. The molecular weight excluding hydrogens is 132 g/mol. The Hall–Kier alpha value is -0.990. The highest BCUT2D eigenvalue weighted by molar-refractivity contribution is 5.82. The SMILES string of the molecule is CCOC(=O)/C=C(\C)OC. The first-order valence-corrected chi connectivity index (χ1v) is 3.09. The summed E-state index contributed by atoms with van der Waals surface area (Å²) in [4.78, 5) is 10.6. The molecule has 0 aliphatic heterocycles. The third-order valence-corrected chi connectivity index (χ3v) is 0.930. The fraction of sp³-hybridized carbons (Fsp3) is 0.571.